The second-order valence-electron chi connectivity index (χ2n) is 6.25. The van der Waals surface area contributed by atoms with Crippen LogP contribution in [-0.4, -0.2) is 50.6 Å². The Morgan fingerprint density at radius 2 is 1.65 bits per heavy atom. The molecule has 1 aliphatic heterocycles. The van der Waals surface area contributed by atoms with Crippen molar-refractivity contribution in [3.05, 3.63) is 69.9 Å². The minimum atomic E-state index is -1.40. The van der Waals surface area contributed by atoms with E-state index in [1.807, 2.05) is 0 Å². The lowest BCUT2D eigenvalue weighted by molar-refractivity contribution is -0.127. The highest BCUT2D eigenvalue weighted by Gasteiger charge is 2.36. The second kappa shape index (κ2) is 8.79. The van der Waals surface area contributed by atoms with E-state index in [1.54, 1.807) is 6.07 Å². The lowest BCUT2D eigenvalue weighted by Gasteiger charge is -2.13. The molecule has 3 N–H and O–H groups in total. The fourth-order valence-electron chi connectivity index (χ4n) is 2.66. The van der Waals surface area contributed by atoms with Gasteiger partial charge >= 0.3 is 11.9 Å². The number of carboxylic acid groups (broad SMARTS) is 2. The van der Waals surface area contributed by atoms with E-state index in [1.165, 1.54) is 24.3 Å². The van der Waals surface area contributed by atoms with Crippen LogP contribution in [0.3, 0.4) is 0 Å². The van der Waals surface area contributed by atoms with E-state index in [2.05, 4.69) is 5.32 Å². The van der Waals surface area contributed by atoms with Crippen LogP contribution in [-0.2, 0) is 9.59 Å². The number of hydrogen-bond acceptors (Lipinski definition) is 6. The SMILES string of the molecule is O=C(CN1C(=O)S/C(=C\c2ccccc2F)C1=O)Nc1cc(C(=O)O)cc(C(=O)O)c1. The molecule has 0 aromatic heterocycles. The third-order valence-corrected chi connectivity index (χ3v) is 4.99. The summed E-state index contributed by atoms with van der Waals surface area (Å²) < 4.78 is 13.8. The standard InChI is InChI=1S/C20H13FN2O7S/c21-14-4-2-1-3-10(14)8-15-17(25)23(20(30)31-15)9-16(24)22-13-6-11(18(26)27)5-12(7-13)19(28)29/h1-8H,9H2,(H,22,24)(H,26,27)(H,28,29)/b15-8-. The first-order valence-electron chi connectivity index (χ1n) is 8.57. The Kier molecular flexibility index (Phi) is 6.16. The number of thioether (sulfide) groups is 1. The Morgan fingerprint density at radius 1 is 1.03 bits per heavy atom. The summed E-state index contributed by atoms with van der Waals surface area (Å²) >= 11 is 0.543. The Morgan fingerprint density at radius 3 is 2.23 bits per heavy atom. The molecule has 0 spiro atoms. The Balaban J connectivity index is 1.76. The third-order valence-electron chi connectivity index (χ3n) is 4.08. The average molecular weight is 444 g/mol. The number of amides is 3. The van der Waals surface area contributed by atoms with Gasteiger partial charge < -0.3 is 15.5 Å². The van der Waals surface area contributed by atoms with Gasteiger partial charge in [-0.15, -0.1) is 0 Å². The summed E-state index contributed by atoms with van der Waals surface area (Å²) in [4.78, 5) is 59.8. The minimum absolute atomic E-state index is 0.0658. The number of benzene rings is 2. The molecule has 11 heteroatoms. The van der Waals surface area contributed by atoms with E-state index < -0.39 is 41.4 Å². The highest BCUT2D eigenvalue weighted by molar-refractivity contribution is 8.18. The molecule has 158 valence electrons. The molecule has 2 aromatic rings. The van der Waals surface area contributed by atoms with E-state index in [9.17, 15) is 28.4 Å². The van der Waals surface area contributed by atoms with Gasteiger partial charge in [0.25, 0.3) is 11.1 Å². The molecule has 2 aromatic carbocycles. The number of halogens is 1. The van der Waals surface area contributed by atoms with Gasteiger partial charge in [0.2, 0.25) is 5.91 Å². The van der Waals surface area contributed by atoms with Crippen molar-refractivity contribution in [3.63, 3.8) is 0 Å². The molecular weight excluding hydrogens is 431 g/mol. The molecule has 0 atom stereocenters. The third kappa shape index (κ3) is 4.95. The predicted molar refractivity (Wildman–Crippen MR) is 108 cm³/mol. The summed E-state index contributed by atoms with van der Waals surface area (Å²) in [6.45, 7) is -0.695. The van der Waals surface area contributed by atoms with Gasteiger partial charge in [-0.3, -0.25) is 19.3 Å². The van der Waals surface area contributed by atoms with Crippen LogP contribution in [0, 0.1) is 5.82 Å². The fourth-order valence-corrected chi connectivity index (χ4v) is 3.49. The van der Waals surface area contributed by atoms with E-state index >= 15 is 0 Å². The molecule has 31 heavy (non-hydrogen) atoms. The number of nitrogens with zero attached hydrogens (tertiary/aromatic N) is 1. The van der Waals surface area contributed by atoms with Gasteiger partial charge in [-0.25, -0.2) is 14.0 Å². The highest BCUT2D eigenvalue weighted by atomic mass is 32.2. The quantitative estimate of drug-likeness (QED) is 0.578. The maximum atomic E-state index is 13.8. The number of nitrogens with one attached hydrogen (secondary N) is 1. The Hall–Kier alpha value is -3.99. The molecule has 1 saturated heterocycles. The Bertz CT molecular complexity index is 1130. The highest BCUT2D eigenvalue weighted by Crippen LogP contribution is 2.32. The van der Waals surface area contributed by atoms with Gasteiger partial charge in [0, 0.05) is 11.3 Å². The van der Waals surface area contributed by atoms with Gasteiger partial charge in [0.05, 0.1) is 16.0 Å². The van der Waals surface area contributed by atoms with Crippen LogP contribution in [0.25, 0.3) is 6.08 Å². The zero-order chi connectivity index (χ0) is 22.7. The molecule has 1 aliphatic rings. The van der Waals surface area contributed by atoms with Crippen molar-refractivity contribution in [2.75, 3.05) is 11.9 Å². The van der Waals surface area contributed by atoms with Crippen LogP contribution >= 0.6 is 11.8 Å². The largest absolute Gasteiger partial charge is 0.478 e. The van der Waals surface area contributed by atoms with Crippen LogP contribution in [0.4, 0.5) is 14.9 Å². The summed E-state index contributed by atoms with van der Waals surface area (Å²) in [5, 5.41) is 19.7. The first-order chi connectivity index (χ1) is 14.7. The summed E-state index contributed by atoms with van der Waals surface area (Å²) in [6, 6.07) is 8.65. The monoisotopic (exact) mass is 444 g/mol. The number of aromatic carboxylic acids is 2. The van der Waals surface area contributed by atoms with Gasteiger partial charge in [-0.05, 0) is 42.1 Å². The smallest absolute Gasteiger partial charge is 0.335 e. The summed E-state index contributed by atoms with van der Waals surface area (Å²) in [6.07, 6.45) is 1.20. The Labute approximate surface area is 178 Å². The zero-order valence-corrected chi connectivity index (χ0v) is 16.3. The van der Waals surface area contributed by atoms with Crippen molar-refractivity contribution in [2.24, 2.45) is 0 Å². The van der Waals surface area contributed by atoms with E-state index in [-0.39, 0.29) is 27.3 Å². The average Bonchev–Trinajstić information content (AvgIpc) is 2.96. The number of rotatable bonds is 6. The molecular formula is C20H13FN2O7S. The number of carbonyl (C=O) groups is 5. The molecule has 3 amide bonds. The van der Waals surface area contributed by atoms with E-state index in [0.29, 0.717) is 16.7 Å². The van der Waals surface area contributed by atoms with Crippen molar-refractivity contribution < 1.29 is 38.6 Å². The van der Waals surface area contributed by atoms with Crippen LogP contribution in [0.1, 0.15) is 26.3 Å². The minimum Gasteiger partial charge on any atom is -0.478 e. The number of hydrogen-bond donors (Lipinski definition) is 3. The molecule has 1 heterocycles. The summed E-state index contributed by atoms with van der Waals surface area (Å²) in [5.74, 6) is -5.03. The maximum absolute atomic E-state index is 13.8. The van der Waals surface area contributed by atoms with Crippen molar-refractivity contribution in [1.29, 1.82) is 0 Å². The summed E-state index contributed by atoms with van der Waals surface area (Å²) in [5.41, 5.74) is -0.760. The van der Waals surface area contributed by atoms with Crippen LogP contribution < -0.4 is 5.32 Å². The van der Waals surface area contributed by atoms with Gasteiger partial charge in [-0.2, -0.15) is 0 Å². The van der Waals surface area contributed by atoms with Crippen LogP contribution in [0.2, 0.25) is 0 Å². The molecule has 0 bridgehead atoms. The number of anilines is 1. The predicted octanol–water partition coefficient (Wildman–Crippen LogP) is 2.90. The maximum Gasteiger partial charge on any atom is 0.335 e. The first kappa shape index (κ1) is 21.7. The van der Waals surface area contributed by atoms with Crippen LogP contribution in [0.15, 0.2) is 47.4 Å². The fraction of sp³-hybridized carbons (Fsp3) is 0.0500. The molecule has 3 rings (SSSR count). The zero-order valence-electron chi connectivity index (χ0n) is 15.5. The number of carbonyl (C=O) groups excluding carboxylic acids is 3. The van der Waals surface area contributed by atoms with Crippen molar-refractivity contribution >= 4 is 52.5 Å². The van der Waals surface area contributed by atoms with E-state index in [4.69, 9.17) is 10.2 Å². The van der Waals surface area contributed by atoms with Crippen molar-refractivity contribution in [2.45, 2.75) is 0 Å². The molecule has 0 radical (unpaired) electrons. The molecule has 0 aliphatic carbocycles. The van der Waals surface area contributed by atoms with Gasteiger partial charge in [-0.1, -0.05) is 18.2 Å². The van der Waals surface area contributed by atoms with Gasteiger partial charge in [0.15, 0.2) is 0 Å². The van der Waals surface area contributed by atoms with Crippen molar-refractivity contribution in [1.82, 2.24) is 4.90 Å². The number of carboxylic acids is 2. The molecule has 0 saturated carbocycles. The first-order valence-corrected chi connectivity index (χ1v) is 9.39. The van der Waals surface area contributed by atoms with E-state index in [0.717, 1.165) is 18.2 Å². The van der Waals surface area contributed by atoms with Gasteiger partial charge in [0.1, 0.15) is 12.4 Å². The molecule has 0 unspecified atom stereocenters. The van der Waals surface area contributed by atoms with Crippen LogP contribution in [0.5, 0.6) is 0 Å². The topological polar surface area (TPSA) is 141 Å². The summed E-state index contributed by atoms with van der Waals surface area (Å²) in [7, 11) is 0. The lowest BCUT2D eigenvalue weighted by atomic mass is 10.1. The molecule has 9 nitrogen and oxygen atoms in total. The normalized spacial score (nSPS) is 14.7. The van der Waals surface area contributed by atoms with Crippen molar-refractivity contribution in [3.8, 4) is 0 Å². The number of imide groups is 1. The molecule has 1 fully saturated rings. The second-order valence-corrected chi connectivity index (χ2v) is 7.24. The lowest BCUT2D eigenvalue weighted by Crippen LogP contribution is -2.36.